The van der Waals surface area contributed by atoms with Crippen LogP contribution in [-0.4, -0.2) is 39.4 Å². The zero-order valence-electron chi connectivity index (χ0n) is 14.2. The van der Waals surface area contributed by atoms with Gasteiger partial charge >= 0.3 is 0 Å². The molecular formula is C19H21N5O. The molecule has 6 heteroatoms. The molecule has 4 rings (SSSR count). The van der Waals surface area contributed by atoms with Gasteiger partial charge in [-0.2, -0.15) is 0 Å². The van der Waals surface area contributed by atoms with Gasteiger partial charge in [-0.25, -0.2) is 0 Å². The molecule has 1 aromatic carbocycles. The molecule has 0 radical (unpaired) electrons. The summed E-state index contributed by atoms with van der Waals surface area (Å²) in [5.74, 6) is 0.899. The third-order valence-corrected chi connectivity index (χ3v) is 4.55. The Kier molecular flexibility index (Phi) is 4.19. The van der Waals surface area contributed by atoms with E-state index in [0.717, 1.165) is 48.1 Å². The molecule has 2 aromatic heterocycles. The number of benzene rings is 1. The third-order valence-electron chi connectivity index (χ3n) is 4.55. The van der Waals surface area contributed by atoms with Crippen LogP contribution in [0.5, 0.6) is 5.75 Å². The number of hydrogen-bond acceptors (Lipinski definition) is 6. The zero-order valence-corrected chi connectivity index (χ0v) is 14.2. The number of aromatic nitrogens is 3. The lowest BCUT2D eigenvalue weighted by atomic mass is 10.1. The number of anilines is 1. The quantitative estimate of drug-likeness (QED) is 0.683. The first kappa shape index (κ1) is 15.8. The summed E-state index contributed by atoms with van der Waals surface area (Å²) >= 11 is 0. The summed E-state index contributed by atoms with van der Waals surface area (Å²) in [5.41, 5.74) is 1.96. The van der Waals surface area contributed by atoms with Crippen molar-refractivity contribution in [2.24, 2.45) is 0 Å². The fraction of sp³-hybridized carbons (Fsp3) is 0.316. The SMILES string of the molecule is Cc1cnc(-c2nnc(N[C@@H]3CCCNC3)c3ccccc23)c(O)c1. The van der Waals surface area contributed by atoms with Crippen LogP contribution in [-0.2, 0) is 0 Å². The van der Waals surface area contributed by atoms with E-state index in [1.54, 1.807) is 12.3 Å². The number of hydrogen-bond donors (Lipinski definition) is 3. The first-order valence-corrected chi connectivity index (χ1v) is 8.61. The largest absolute Gasteiger partial charge is 0.506 e. The minimum Gasteiger partial charge on any atom is -0.506 e. The lowest BCUT2D eigenvalue weighted by molar-refractivity contribution is 0.474. The molecule has 0 bridgehead atoms. The van der Waals surface area contributed by atoms with Gasteiger partial charge in [-0.15, -0.1) is 10.2 Å². The Labute approximate surface area is 146 Å². The van der Waals surface area contributed by atoms with Crippen molar-refractivity contribution in [3.63, 3.8) is 0 Å². The predicted molar refractivity (Wildman–Crippen MR) is 98.7 cm³/mol. The highest BCUT2D eigenvalue weighted by Gasteiger charge is 2.18. The predicted octanol–water partition coefficient (Wildman–Crippen LogP) is 2.87. The van der Waals surface area contributed by atoms with Gasteiger partial charge in [0.2, 0.25) is 0 Å². The minimum absolute atomic E-state index is 0.122. The Balaban J connectivity index is 1.78. The van der Waals surface area contributed by atoms with E-state index in [-0.39, 0.29) is 5.75 Å². The van der Waals surface area contributed by atoms with E-state index in [2.05, 4.69) is 25.8 Å². The summed E-state index contributed by atoms with van der Waals surface area (Å²) in [4.78, 5) is 4.36. The van der Waals surface area contributed by atoms with Crippen molar-refractivity contribution in [1.29, 1.82) is 0 Å². The summed E-state index contributed by atoms with van der Waals surface area (Å²) in [6.07, 6.45) is 4.00. The number of pyridine rings is 1. The Bertz CT molecular complexity index is 905. The van der Waals surface area contributed by atoms with Gasteiger partial charge in [0.15, 0.2) is 5.82 Å². The molecule has 25 heavy (non-hydrogen) atoms. The zero-order chi connectivity index (χ0) is 17.2. The maximum Gasteiger partial charge on any atom is 0.156 e. The first-order chi connectivity index (χ1) is 12.2. The molecule has 0 unspecified atom stereocenters. The van der Waals surface area contributed by atoms with Crippen molar-refractivity contribution in [3.8, 4) is 17.1 Å². The van der Waals surface area contributed by atoms with Crippen molar-refractivity contribution >= 4 is 16.6 Å². The van der Waals surface area contributed by atoms with Gasteiger partial charge in [-0.3, -0.25) is 4.98 Å². The molecule has 6 nitrogen and oxygen atoms in total. The van der Waals surface area contributed by atoms with Crippen molar-refractivity contribution < 1.29 is 5.11 Å². The van der Waals surface area contributed by atoms with E-state index in [9.17, 15) is 5.11 Å². The summed E-state index contributed by atoms with van der Waals surface area (Å²) < 4.78 is 0. The van der Waals surface area contributed by atoms with Crippen molar-refractivity contribution in [2.45, 2.75) is 25.8 Å². The van der Waals surface area contributed by atoms with Gasteiger partial charge in [-0.1, -0.05) is 24.3 Å². The van der Waals surface area contributed by atoms with Crippen molar-refractivity contribution in [1.82, 2.24) is 20.5 Å². The summed E-state index contributed by atoms with van der Waals surface area (Å²) in [7, 11) is 0. The van der Waals surface area contributed by atoms with Crippen LogP contribution in [0.15, 0.2) is 36.5 Å². The van der Waals surface area contributed by atoms with Gasteiger partial charge in [0.25, 0.3) is 0 Å². The van der Waals surface area contributed by atoms with Gasteiger partial charge in [0, 0.05) is 29.6 Å². The molecule has 0 aliphatic carbocycles. The molecule has 0 spiro atoms. The van der Waals surface area contributed by atoms with Crippen LogP contribution in [0.1, 0.15) is 18.4 Å². The standard InChI is InChI=1S/C19H21N5O/c1-12-9-16(25)18(21-10-12)17-14-6-2-3-7-15(14)19(24-23-17)22-13-5-4-8-20-11-13/h2-3,6-7,9-10,13,20,25H,4-5,8,11H2,1H3,(H,22,24)/t13-/m1/s1. The maximum atomic E-state index is 10.3. The summed E-state index contributed by atoms with van der Waals surface area (Å²) in [5, 5.41) is 27.9. The molecule has 1 saturated heterocycles. The smallest absolute Gasteiger partial charge is 0.156 e. The molecule has 1 aliphatic heterocycles. The lowest BCUT2D eigenvalue weighted by Crippen LogP contribution is -2.38. The first-order valence-electron chi connectivity index (χ1n) is 8.61. The molecule has 0 saturated carbocycles. The van der Waals surface area contributed by atoms with E-state index in [1.807, 2.05) is 31.2 Å². The van der Waals surface area contributed by atoms with Crippen LogP contribution in [0, 0.1) is 6.92 Å². The van der Waals surface area contributed by atoms with E-state index >= 15 is 0 Å². The van der Waals surface area contributed by atoms with Crippen LogP contribution in [0.3, 0.4) is 0 Å². The molecule has 3 heterocycles. The van der Waals surface area contributed by atoms with Crippen molar-refractivity contribution in [2.75, 3.05) is 18.4 Å². The number of aromatic hydroxyl groups is 1. The highest BCUT2D eigenvalue weighted by Crippen LogP contribution is 2.33. The summed E-state index contributed by atoms with van der Waals surface area (Å²) in [6, 6.07) is 10.0. The number of fused-ring (bicyclic) bond motifs is 1. The highest BCUT2D eigenvalue weighted by atomic mass is 16.3. The molecule has 1 atom stereocenters. The van der Waals surface area contributed by atoms with E-state index in [4.69, 9.17) is 0 Å². The second-order valence-electron chi connectivity index (χ2n) is 6.51. The van der Waals surface area contributed by atoms with E-state index in [1.165, 1.54) is 0 Å². The number of nitrogens with one attached hydrogen (secondary N) is 2. The molecule has 3 N–H and O–H groups in total. The minimum atomic E-state index is 0.122. The Morgan fingerprint density at radius 2 is 2.00 bits per heavy atom. The molecular weight excluding hydrogens is 314 g/mol. The monoisotopic (exact) mass is 335 g/mol. The summed E-state index contributed by atoms with van der Waals surface area (Å²) in [6.45, 7) is 3.89. The van der Waals surface area contributed by atoms with Crippen molar-refractivity contribution in [3.05, 3.63) is 42.1 Å². The van der Waals surface area contributed by atoms with E-state index < -0.39 is 0 Å². The van der Waals surface area contributed by atoms with Gasteiger partial charge in [-0.05, 0) is 37.9 Å². The third kappa shape index (κ3) is 3.13. The average molecular weight is 335 g/mol. The van der Waals surface area contributed by atoms with Crippen LogP contribution >= 0.6 is 0 Å². The van der Waals surface area contributed by atoms with Gasteiger partial charge in [0.05, 0.1) is 0 Å². The van der Waals surface area contributed by atoms with Crippen LogP contribution in [0.25, 0.3) is 22.2 Å². The van der Waals surface area contributed by atoms with Gasteiger partial charge in [0.1, 0.15) is 17.1 Å². The maximum absolute atomic E-state index is 10.3. The number of piperidine rings is 1. The second kappa shape index (κ2) is 6.64. The van der Waals surface area contributed by atoms with E-state index in [0.29, 0.717) is 17.4 Å². The van der Waals surface area contributed by atoms with Crippen LogP contribution < -0.4 is 10.6 Å². The topological polar surface area (TPSA) is 83.0 Å². The average Bonchev–Trinajstić information content (AvgIpc) is 2.64. The van der Waals surface area contributed by atoms with Gasteiger partial charge < -0.3 is 15.7 Å². The number of aryl methyl sites for hydroxylation is 1. The molecule has 1 fully saturated rings. The fourth-order valence-electron chi connectivity index (χ4n) is 3.29. The lowest BCUT2D eigenvalue weighted by Gasteiger charge is -2.24. The molecule has 1 aliphatic rings. The van der Waals surface area contributed by atoms with Crippen LogP contribution in [0.2, 0.25) is 0 Å². The number of nitrogens with zero attached hydrogens (tertiary/aromatic N) is 3. The Morgan fingerprint density at radius 3 is 2.76 bits per heavy atom. The Hall–Kier alpha value is -2.73. The normalized spacial score (nSPS) is 17.6. The Morgan fingerprint density at radius 1 is 1.16 bits per heavy atom. The number of rotatable bonds is 3. The second-order valence-corrected chi connectivity index (χ2v) is 6.51. The molecule has 128 valence electrons. The fourth-order valence-corrected chi connectivity index (χ4v) is 3.29. The molecule has 0 amide bonds. The highest BCUT2D eigenvalue weighted by molar-refractivity contribution is 6.00. The van der Waals surface area contributed by atoms with Crippen LogP contribution in [0.4, 0.5) is 5.82 Å². The molecule has 3 aromatic rings.